The van der Waals surface area contributed by atoms with Crippen LogP contribution in [0.5, 0.6) is 0 Å². The molecule has 0 bridgehead atoms. The van der Waals surface area contributed by atoms with Gasteiger partial charge in [-0.3, -0.25) is 0 Å². The fourth-order valence-electron chi connectivity index (χ4n) is 1.93. The van der Waals surface area contributed by atoms with Crippen LogP contribution in [0.3, 0.4) is 0 Å². The molecule has 0 saturated carbocycles. The largest absolute Gasteiger partial charge is 0.480 e. The van der Waals surface area contributed by atoms with Gasteiger partial charge in [0.05, 0.1) is 0 Å². The molecule has 1 aliphatic rings. The van der Waals surface area contributed by atoms with Gasteiger partial charge < -0.3 is 14.9 Å². The van der Waals surface area contributed by atoms with Crippen molar-refractivity contribution in [3.05, 3.63) is 0 Å². The summed E-state index contributed by atoms with van der Waals surface area (Å²) in [7, 11) is 1.55. The third kappa shape index (κ3) is 2.70. The third-order valence-electron chi connectivity index (χ3n) is 3.78. The van der Waals surface area contributed by atoms with Crippen molar-refractivity contribution in [1.29, 1.82) is 0 Å². The molecule has 0 aromatic rings. The van der Waals surface area contributed by atoms with Gasteiger partial charge in [0.2, 0.25) is 0 Å². The van der Waals surface area contributed by atoms with Crippen LogP contribution >= 0.6 is 0 Å². The van der Waals surface area contributed by atoms with Crippen molar-refractivity contribution in [3.63, 3.8) is 0 Å². The number of carbonyl (C=O) groups is 2. The minimum atomic E-state index is -1.17. The van der Waals surface area contributed by atoms with Gasteiger partial charge in [-0.2, -0.15) is 0 Å². The highest BCUT2D eigenvalue weighted by Gasteiger charge is 2.38. The van der Waals surface area contributed by atoms with Crippen LogP contribution in [0.25, 0.3) is 0 Å². The van der Waals surface area contributed by atoms with Gasteiger partial charge in [0.25, 0.3) is 0 Å². The molecule has 1 saturated heterocycles. The molecule has 1 atom stereocenters. The number of carbonyl (C=O) groups excluding carboxylic acids is 1. The molecule has 0 spiro atoms. The van der Waals surface area contributed by atoms with Gasteiger partial charge in [-0.1, -0.05) is 13.3 Å². The van der Waals surface area contributed by atoms with E-state index in [9.17, 15) is 9.59 Å². The van der Waals surface area contributed by atoms with Crippen LogP contribution in [0.1, 0.15) is 33.6 Å². The van der Waals surface area contributed by atoms with Crippen molar-refractivity contribution in [2.24, 2.45) is 5.92 Å². The van der Waals surface area contributed by atoms with E-state index >= 15 is 0 Å². The SMILES string of the molecule is CCC1CCN(C(=O)N(C)C(C)(C)C(=O)O)C1. The molecule has 5 heteroatoms. The van der Waals surface area contributed by atoms with Crippen molar-refractivity contribution in [1.82, 2.24) is 9.80 Å². The summed E-state index contributed by atoms with van der Waals surface area (Å²) in [5, 5.41) is 9.09. The smallest absolute Gasteiger partial charge is 0.329 e. The molecule has 1 rings (SSSR count). The summed E-state index contributed by atoms with van der Waals surface area (Å²) in [5.74, 6) is -0.431. The molecular weight excluding hydrogens is 220 g/mol. The van der Waals surface area contributed by atoms with Crippen LogP contribution in [-0.2, 0) is 4.79 Å². The number of nitrogens with zero attached hydrogens (tertiary/aromatic N) is 2. The second-order valence-corrected chi connectivity index (χ2v) is 5.21. The summed E-state index contributed by atoms with van der Waals surface area (Å²) in [6, 6.07) is -0.187. The predicted molar refractivity (Wildman–Crippen MR) is 64.8 cm³/mol. The minimum Gasteiger partial charge on any atom is -0.480 e. The van der Waals surface area contributed by atoms with Crippen molar-refractivity contribution < 1.29 is 14.7 Å². The van der Waals surface area contributed by atoms with E-state index in [1.807, 2.05) is 0 Å². The Morgan fingerprint density at radius 1 is 1.47 bits per heavy atom. The van der Waals surface area contributed by atoms with Gasteiger partial charge in [0.1, 0.15) is 5.54 Å². The first kappa shape index (κ1) is 13.8. The van der Waals surface area contributed by atoms with Crippen molar-refractivity contribution in [2.45, 2.75) is 39.2 Å². The highest BCUT2D eigenvalue weighted by Crippen LogP contribution is 2.22. The Balaban J connectivity index is 2.68. The number of likely N-dealkylation sites (tertiary alicyclic amines) is 1. The van der Waals surface area contributed by atoms with E-state index in [4.69, 9.17) is 5.11 Å². The van der Waals surface area contributed by atoms with E-state index in [0.29, 0.717) is 5.92 Å². The number of aliphatic carboxylic acids is 1. The molecule has 1 N–H and O–H groups in total. The molecule has 17 heavy (non-hydrogen) atoms. The van der Waals surface area contributed by atoms with Crippen LogP contribution < -0.4 is 0 Å². The maximum absolute atomic E-state index is 12.1. The van der Waals surface area contributed by atoms with E-state index in [1.165, 1.54) is 4.90 Å². The Labute approximate surface area is 102 Å². The second kappa shape index (κ2) is 4.94. The van der Waals surface area contributed by atoms with Gasteiger partial charge in [0.15, 0.2) is 0 Å². The number of carboxylic acid groups (broad SMARTS) is 1. The second-order valence-electron chi connectivity index (χ2n) is 5.21. The van der Waals surface area contributed by atoms with Crippen molar-refractivity contribution in [3.8, 4) is 0 Å². The number of amides is 2. The number of rotatable bonds is 3. The molecule has 98 valence electrons. The monoisotopic (exact) mass is 242 g/mol. The zero-order valence-electron chi connectivity index (χ0n) is 11.1. The lowest BCUT2D eigenvalue weighted by atomic mass is 10.0. The summed E-state index contributed by atoms with van der Waals surface area (Å²) >= 11 is 0. The first-order valence-corrected chi connectivity index (χ1v) is 6.06. The maximum Gasteiger partial charge on any atom is 0.329 e. The normalized spacial score (nSPS) is 20.5. The number of carboxylic acids is 1. The number of hydrogen-bond donors (Lipinski definition) is 1. The average molecular weight is 242 g/mol. The van der Waals surface area contributed by atoms with Crippen LogP contribution in [-0.4, -0.2) is 52.6 Å². The fraction of sp³-hybridized carbons (Fsp3) is 0.833. The maximum atomic E-state index is 12.1. The van der Waals surface area contributed by atoms with Gasteiger partial charge in [-0.15, -0.1) is 0 Å². The van der Waals surface area contributed by atoms with Crippen molar-refractivity contribution >= 4 is 12.0 Å². The highest BCUT2D eigenvalue weighted by atomic mass is 16.4. The van der Waals surface area contributed by atoms with Crippen molar-refractivity contribution in [2.75, 3.05) is 20.1 Å². The zero-order chi connectivity index (χ0) is 13.2. The summed E-state index contributed by atoms with van der Waals surface area (Å²) in [6.45, 7) is 6.68. The molecule has 1 unspecified atom stereocenters. The number of hydrogen-bond acceptors (Lipinski definition) is 2. The minimum absolute atomic E-state index is 0.187. The molecule has 1 aliphatic heterocycles. The van der Waals surface area contributed by atoms with E-state index in [0.717, 1.165) is 25.9 Å². The molecule has 0 radical (unpaired) electrons. The number of likely N-dealkylation sites (N-methyl/N-ethyl adjacent to an activating group) is 1. The Hall–Kier alpha value is -1.26. The van der Waals surface area contributed by atoms with E-state index in [-0.39, 0.29) is 6.03 Å². The molecular formula is C12H22N2O3. The van der Waals surface area contributed by atoms with E-state index < -0.39 is 11.5 Å². The van der Waals surface area contributed by atoms with Crippen LogP contribution in [0.4, 0.5) is 4.79 Å². The lowest BCUT2D eigenvalue weighted by Crippen LogP contribution is -2.54. The molecule has 0 aromatic carbocycles. The first-order valence-electron chi connectivity index (χ1n) is 6.06. The van der Waals surface area contributed by atoms with Gasteiger partial charge in [-0.05, 0) is 26.2 Å². The first-order chi connectivity index (χ1) is 7.80. The van der Waals surface area contributed by atoms with E-state index in [1.54, 1.807) is 25.8 Å². The van der Waals surface area contributed by atoms with Gasteiger partial charge in [0, 0.05) is 20.1 Å². The topological polar surface area (TPSA) is 60.9 Å². The molecule has 0 aromatic heterocycles. The predicted octanol–water partition coefficient (Wildman–Crippen LogP) is 1.63. The zero-order valence-corrected chi connectivity index (χ0v) is 11.1. The Kier molecular flexibility index (Phi) is 4.01. The summed E-state index contributed by atoms with van der Waals surface area (Å²) in [4.78, 5) is 26.3. The van der Waals surface area contributed by atoms with Crippen LogP contribution in [0.2, 0.25) is 0 Å². The van der Waals surface area contributed by atoms with Crippen LogP contribution in [0, 0.1) is 5.92 Å². The molecule has 5 nitrogen and oxygen atoms in total. The summed E-state index contributed by atoms with van der Waals surface area (Å²) in [6.07, 6.45) is 2.08. The van der Waals surface area contributed by atoms with Gasteiger partial charge >= 0.3 is 12.0 Å². The molecule has 2 amide bonds. The standard InChI is InChI=1S/C12H22N2O3/c1-5-9-6-7-14(8-9)11(17)13(4)12(2,3)10(15)16/h9H,5-8H2,1-4H3,(H,15,16). The number of urea groups is 1. The molecule has 1 fully saturated rings. The lowest BCUT2D eigenvalue weighted by Gasteiger charge is -2.34. The Morgan fingerprint density at radius 3 is 2.47 bits per heavy atom. The fourth-order valence-corrected chi connectivity index (χ4v) is 1.93. The lowest BCUT2D eigenvalue weighted by molar-refractivity contribution is -0.147. The molecule has 0 aliphatic carbocycles. The van der Waals surface area contributed by atoms with Crippen LogP contribution in [0.15, 0.2) is 0 Å². The van der Waals surface area contributed by atoms with Gasteiger partial charge in [-0.25, -0.2) is 9.59 Å². The summed E-state index contributed by atoms with van der Waals surface area (Å²) in [5.41, 5.74) is -1.17. The Morgan fingerprint density at radius 2 is 2.06 bits per heavy atom. The average Bonchev–Trinajstić information content (AvgIpc) is 2.75. The highest BCUT2D eigenvalue weighted by molar-refractivity contribution is 5.85. The third-order valence-corrected chi connectivity index (χ3v) is 3.78. The molecule has 1 heterocycles. The quantitative estimate of drug-likeness (QED) is 0.818. The summed E-state index contributed by atoms with van der Waals surface area (Å²) < 4.78 is 0. The van der Waals surface area contributed by atoms with E-state index in [2.05, 4.69) is 6.92 Å². The Bertz CT molecular complexity index is 315.